The molecule has 26 heavy (non-hydrogen) atoms. The molecule has 0 saturated heterocycles. The minimum atomic E-state index is -0.298. The molecule has 2 rings (SSSR count). The second-order valence-electron chi connectivity index (χ2n) is 7.47. The van der Waals surface area contributed by atoms with Gasteiger partial charge in [0.25, 0.3) is 0 Å². The summed E-state index contributed by atoms with van der Waals surface area (Å²) in [5.74, 6) is -0.155. The predicted octanol–water partition coefficient (Wildman–Crippen LogP) is 5.38. The molecule has 141 valence electrons. The number of rotatable bonds is 7. The van der Waals surface area contributed by atoms with Crippen LogP contribution in [0.25, 0.3) is 0 Å². The van der Waals surface area contributed by atoms with Crippen molar-refractivity contribution in [3.8, 4) is 0 Å². The average Bonchev–Trinajstić information content (AvgIpc) is 2.62. The summed E-state index contributed by atoms with van der Waals surface area (Å²) < 4.78 is 15.7. The number of aliphatic hydroxyl groups excluding tert-OH is 1. The van der Waals surface area contributed by atoms with Gasteiger partial charge in [-0.25, -0.2) is 4.39 Å². The van der Waals surface area contributed by atoms with Crippen molar-refractivity contribution in [1.29, 1.82) is 0 Å². The fraction of sp³-hybridized carbons (Fsp3) is 0.435. The highest BCUT2D eigenvalue weighted by Crippen LogP contribution is 2.40. The van der Waals surface area contributed by atoms with E-state index in [-0.39, 0.29) is 30.2 Å². The Labute approximate surface area is 157 Å². The molecule has 0 aliphatic carbocycles. The number of hydrogen-bond donors (Lipinski definition) is 2. The third-order valence-electron chi connectivity index (χ3n) is 5.16. The molecule has 0 heterocycles. The average molecular weight is 357 g/mol. The van der Waals surface area contributed by atoms with Crippen molar-refractivity contribution < 1.29 is 9.50 Å². The van der Waals surface area contributed by atoms with E-state index < -0.39 is 0 Å². The number of aliphatic hydroxyl groups is 1. The van der Waals surface area contributed by atoms with E-state index in [2.05, 4.69) is 26.8 Å². The standard InChI is InChI=1S/C23H31FNO/c1-6-17(18-10-8-7-9-16(18)12-25)22-20(15(4)5)11-19(14(2)3)21(13-26)23(22)24/h7-11,14-15,17,26H,1,6,12-13,25H2,2-5H3. The first-order valence-electron chi connectivity index (χ1n) is 9.40. The molecule has 0 aliphatic rings. The van der Waals surface area contributed by atoms with Crippen LogP contribution in [0.4, 0.5) is 4.39 Å². The van der Waals surface area contributed by atoms with Gasteiger partial charge in [-0.05, 0) is 46.1 Å². The van der Waals surface area contributed by atoms with Crippen LogP contribution in [0.1, 0.15) is 85.3 Å². The van der Waals surface area contributed by atoms with E-state index in [1.54, 1.807) is 0 Å². The van der Waals surface area contributed by atoms with Crippen LogP contribution >= 0.6 is 0 Å². The molecule has 1 radical (unpaired) electrons. The molecular weight excluding hydrogens is 325 g/mol. The van der Waals surface area contributed by atoms with E-state index in [0.29, 0.717) is 24.1 Å². The largest absolute Gasteiger partial charge is 0.392 e. The quantitative estimate of drug-likeness (QED) is 0.699. The molecule has 3 N–H and O–H groups in total. The van der Waals surface area contributed by atoms with Gasteiger partial charge < -0.3 is 10.8 Å². The van der Waals surface area contributed by atoms with Crippen LogP contribution < -0.4 is 5.73 Å². The van der Waals surface area contributed by atoms with Gasteiger partial charge >= 0.3 is 0 Å². The molecule has 2 aromatic carbocycles. The SMILES string of the molecule is [CH2]CC(c1ccccc1CN)c1c(C(C)C)cc(C(C)C)c(CO)c1F. The van der Waals surface area contributed by atoms with Crippen molar-refractivity contribution in [2.45, 2.75) is 65.0 Å². The molecular formula is C23H31FNO. The highest BCUT2D eigenvalue weighted by Gasteiger charge is 2.27. The second kappa shape index (κ2) is 8.79. The Kier molecular flexibility index (Phi) is 6.96. The summed E-state index contributed by atoms with van der Waals surface area (Å²) in [7, 11) is 0. The smallest absolute Gasteiger partial charge is 0.133 e. The van der Waals surface area contributed by atoms with Crippen LogP contribution in [-0.2, 0) is 13.2 Å². The van der Waals surface area contributed by atoms with E-state index in [4.69, 9.17) is 5.73 Å². The Hall–Kier alpha value is -1.71. The van der Waals surface area contributed by atoms with Crippen molar-refractivity contribution >= 4 is 0 Å². The van der Waals surface area contributed by atoms with Crippen LogP contribution in [0, 0.1) is 12.7 Å². The first kappa shape index (κ1) is 20.6. The predicted molar refractivity (Wildman–Crippen MR) is 107 cm³/mol. The van der Waals surface area contributed by atoms with Crippen LogP contribution in [-0.4, -0.2) is 5.11 Å². The summed E-state index contributed by atoms with van der Waals surface area (Å²) >= 11 is 0. The third-order valence-corrected chi connectivity index (χ3v) is 5.16. The minimum Gasteiger partial charge on any atom is -0.392 e. The summed E-state index contributed by atoms with van der Waals surface area (Å²) in [5.41, 5.74) is 10.9. The van der Waals surface area contributed by atoms with Gasteiger partial charge in [0.2, 0.25) is 0 Å². The molecule has 2 aromatic rings. The van der Waals surface area contributed by atoms with E-state index in [0.717, 1.165) is 22.3 Å². The third kappa shape index (κ3) is 3.84. The van der Waals surface area contributed by atoms with Gasteiger partial charge in [0.1, 0.15) is 5.82 Å². The maximum atomic E-state index is 15.7. The summed E-state index contributed by atoms with van der Waals surface area (Å²) in [6.07, 6.45) is 0.527. The van der Waals surface area contributed by atoms with Gasteiger partial charge in [0.05, 0.1) is 6.61 Å². The van der Waals surface area contributed by atoms with E-state index in [1.807, 2.05) is 38.1 Å². The number of nitrogens with two attached hydrogens (primary N) is 1. The zero-order chi connectivity index (χ0) is 19.4. The van der Waals surface area contributed by atoms with Gasteiger partial charge in [-0.3, -0.25) is 0 Å². The molecule has 3 heteroatoms. The first-order valence-corrected chi connectivity index (χ1v) is 9.40. The Morgan fingerprint density at radius 3 is 2.15 bits per heavy atom. The topological polar surface area (TPSA) is 46.2 Å². The first-order chi connectivity index (χ1) is 12.4. The van der Waals surface area contributed by atoms with Crippen LogP contribution in [0.3, 0.4) is 0 Å². The fourth-order valence-corrected chi connectivity index (χ4v) is 3.77. The lowest BCUT2D eigenvalue weighted by molar-refractivity contribution is 0.273. The Morgan fingerprint density at radius 2 is 1.65 bits per heavy atom. The number of benzene rings is 2. The molecule has 1 atom stereocenters. The highest BCUT2D eigenvalue weighted by atomic mass is 19.1. The van der Waals surface area contributed by atoms with Gasteiger partial charge in [0, 0.05) is 18.0 Å². The summed E-state index contributed by atoms with van der Waals surface area (Å²) in [5, 5.41) is 9.85. The van der Waals surface area contributed by atoms with Crippen LogP contribution in [0.15, 0.2) is 30.3 Å². The summed E-state index contributed by atoms with van der Waals surface area (Å²) in [6.45, 7) is 12.4. The maximum Gasteiger partial charge on any atom is 0.133 e. The lowest BCUT2D eigenvalue weighted by atomic mass is 9.78. The van der Waals surface area contributed by atoms with Gasteiger partial charge in [-0.1, -0.05) is 65.0 Å². The molecule has 0 bridgehead atoms. The second-order valence-corrected chi connectivity index (χ2v) is 7.47. The zero-order valence-electron chi connectivity index (χ0n) is 16.3. The van der Waals surface area contributed by atoms with Crippen molar-refractivity contribution in [3.05, 3.63) is 76.5 Å². The van der Waals surface area contributed by atoms with Gasteiger partial charge in [-0.15, -0.1) is 0 Å². The molecule has 0 aromatic heterocycles. The van der Waals surface area contributed by atoms with Crippen LogP contribution in [0.5, 0.6) is 0 Å². The molecule has 1 unspecified atom stereocenters. The Balaban J connectivity index is 2.80. The molecule has 2 nitrogen and oxygen atoms in total. The van der Waals surface area contributed by atoms with E-state index >= 15 is 4.39 Å². The number of halogens is 1. The van der Waals surface area contributed by atoms with Crippen molar-refractivity contribution in [2.75, 3.05) is 0 Å². The molecule has 0 fully saturated rings. The summed E-state index contributed by atoms with van der Waals surface area (Å²) in [6, 6.07) is 9.98. The zero-order valence-corrected chi connectivity index (χ0v) is 16.3. The molecule has 0 saturated carbocycles. The lowest BCUT2D eigenvalue weighted by Crippen LogP contribution is -2.15. The normalized spacial score (nSPS) is 12.8. The Morgan fingerprint density at radius 1 is 1.04 bits per heavy atom. The molecule has 0 amide bonds. The van der Waals surface area contributed by atoms with E-state index in [1.165, 1.54) is 0 Å². The van der Waals surface area contributed by atoms with Gasteiger partial charge in [-0.2, -0.15) is 0 Å². The summed E-state index contributed by atoms with van der Waals surface area (Å²) in [4.78, 5) is 0. The lowest BCUT2D eigenvalue weighted by Gasteiger charge is -2.27. The number of hydrogen-bond acceptors (Lipinski definition) is 2. The highest BCUT2D eigenvalue weighted by molar-refractivity contribution is 5.49. The van der Waals surface area contributed by atoms with Crippen molar-refractivity contribution in [1.82, 2.24) is 0 Å². The maximum absolute atomic E-state index is 15.7. The van der Waals surface area contributed by atoms with Crippen molar-refractivity contribution in [2.24, 2.45) is 5.73 Å². The fourth-order valence-electron chi connectivity index (χ4n) is 3.77. The minimum absolute atomic E-state index is 0.146. The monoisotopic (exact) mass is 356 g/mol. The van der Waals surface area contributed by atoms with Gasteiger partial charge in [0.15, 0.2) is 0 Å². The van der Waals surface area contributed by atoms with E-state index in [9.17, 15) is 5.11 Å². The Bertz CT molecular complexity index is 752. The molecule has 0 aliphatic heterocycles. The van der Waals surface area contributed by atoms with Crippen molar-refractivity contribution in [3.63, 3.8) is 0 Å². The molecule has 0 spiro atoms. The van der Waals surface area contributed by atoms with Crippen LogP contribution in [0.2, 0.25) is 0 Å².